The second kappa shape index (κ2) is 9.26. The average molecular weight is 406 g/mol. The third-order valence-electron chi connectivity index (χ3n) is 4.95. The van der Waals surface area contributed by atoms with Crippen molar-refractivity contribution >= 4 is 28.6 Å². The Balaban J connectivity index is 1.74. The highest BCUT2D eigenvalue weighted by Gasteiger charge is 2.24. The average Bonchev–Trinajstić information content (AvgIpc) is 3.14. The summed E-state index contributed by atoms with van der Waals surface area (Å²) in [4.78, 5) is 40.7. The molecule has 0 bridgehead atoms. The zero-order valence-electron chi connectivity index (χ0n) is 17.3. The van der Waals surface area contributed by atoms with Gasteiger partial charge in [-0.05, 0) is 30.2 Å². The summed E-state index contributed by atoms with van der Waals surface area (Å²) >= 11 is 0. The van der Waals surface area contributed by atoms with Gasteiger partial charge in [0.1, 0.15) is 6.04 Å². The molecule has 0 saturated heterocycles. The number of aromatic amines is 1. The Morgan fingerprint density at radius 3 is 2.37 bits per heavy atom. The van der Waals surface area contributed by atoms with E-state index in [1.807, 2.05) is 49.5 Å². The number of benzene rings is 2. The molecule has 1 atom stereocenters. The van der Waals surface area contributed by atoms with Crippen molar-refractivity contribution in [1.29, 1.82) is 0 Å². The van der Waals surface area contributed by atoms with Gasteiger partial charge in [-0.15, -0.1) is 0 Å². The van der Waals surface area contributed by atoms with Gasteiger partial charge in [-0.1, -0.05) is 50.2 Å². The fourth-order valence-corrected chi connectivity index (χ4v) is 3.17. The maximum Gasteiger partial charge on any atom is 0.269 e. The number of carbonyl (C=O) groups is 3. The highest BCUT2D eigenvalue weighted by atomic mass is 16.2. The summed E-state index contributed by atoms with van der Waals surface area (Å²) < 4.78 is 0. The highest BCUT2D eigenvalue weighted by molar-refractivity contribution is 5.97. The summed E-state index contributed by atoms with van der Waals surface area (Å²) in [7, 11) is 0. The van der Waals surface area contributed by atoms with Crippen molar-refractivity contribution in [1.82, 2.24) is 21.2 Å². The molecule has 0 aliphatic rings. The SMILES string of the molecule is Cc1ccccc1C(=O)NNC(=O)C(Cc1c[nH]c2ccccc12)NC(=O)C(C)C. The summed E-state index contributed by atoms with van der Waals surface area (Å²) in [6, 6.07) is 14.0. The second-order valence-electron chi connectivity index (χ2n) is 7.54. The number of hydrogen-bond donors (Lipinski definition) is 4. The van der Waals surface area contributed by atoms with Crippen molar-refractivity contribution in [2.75, 3.05) is 0 Å². The first-order valence-corrected chi connectivity index (χ1v) is 9.88. The van der Waals surface area contributed by atoms with Crippen molar-refractivity contribution in [2.45, 2.75) is 33.2 Å². The summed E-state index contributed by atoms with van der Waals surface area (Å²) in [6.07, 6.45) is 2.12. The maximum atomic E-state index is 12.8. The van der Waals surface area contributed by atoms with Crippen LogP contribution in [-0.4, -0.2) is 28.7 Å². The zero-order valence-corrected chi connectivity index (χ0v) is 17.3. The predicted molar refractivity (Wildman–Crippen MR) is 116 cm³/mol. The minimum absolute atomic E-state index is 0.236. The van der Waals surface area contributed by atoms with Crippen LogP contribution in [0.3, 0.4) is 0 Å². The molecule has 0 aliphatic heterocycles. The van der Waals surface area contributed by atoms with Crippen molar-refractivity contribution in [3.63, 3.8) is 0 Å². The van der Waals surface area contributed by atoms with E-state index in [9.17, 15) is 14.4 Å². The third kappa shape index (κ3) is 4.86. The molecule has 7 heteroatoms. The molecule has 2 aromatic carbocycles. The van der Waals surface area contributed by atoms with Gasteiger partial charge < -0.3 is 10.3 Å². The van der Waals surface area contributed by atoms with Gasteiger partial charge in [0.25, 0.3) is 11.8 Å². The van der Waals surface area contributed by atoms with Gasteiger partial charge in [0.05, 0.1) is 0 Å². The van der Waals surface area contributed by atoms with Crippen LogP contribution in [0.1, 0.15) is 35.3 Å². The van der Waals surface area contributed by atoms with Crippen LogP contribution in [0.5, 0.6) is 0 Å². The lowest BCUT2D eigenvalue weighted by atomic mass is 10.0. The normalized spacial score (nSPS) is 11.9. The number of aryl methyl sites for hydroxylation is 1. The molecule has 30 heavy (non-hydrogen) atoms. The Bertz CT molecular complexity index is 1070. The van der Waals surface area contributed by atoms with Crippen molar-refractivity contribution in [3.05, 3.63) is 71.4 Å². The van der Waals surface area contributed by atoms with E-state index in [4.69, 9.17) is 0 Å². The van der Waals surface area contributed by atoms with Gasteiger partial charge >= 0.3 is 0 Å². The van der Waals surface area contributed by atoms with Crippen molar-refractivity contribution in [2.24, 2.45) is 5.92 Å². The first-order chi connectivity index (χ1) is 14.4. The Kier molecular flexibility index (Phi) is 6.51. The van der Waals surface area contributed by atoms with Crippen LogP contribution in [0.25, 0.3) is 10.9 Å². The highest BCUT2D eigenvalue weighted by Crippen LogP contribution is 2.19. The summed E-state index contributed by atoms with van der Waals surface area (Å²) in [6.45, 7) is 5.34. The summed E-state index contributed by atoms with van der Waals surface area (Å²) in [5.41, 5.74) is 8.02. The van der Waals surface area contributed by atoms with E-state index in [0.29, 0.717) is 5.56 Å². The van der Waals surface area contributed by atoms with Crippen LogP contribution >= 0.6 is 0 Å². The van der Waals surface area contributed by atoms with E-state index in [2.05, 4.69) is 21.2 Å². The van der Waals surface area contributed by atoms with Gasteiger partial charge in [0.2, 0.25) is 5.91 Å². The van der Waals surface area contributed by atoms with Gasteiger partial charge in [-0.2, -0.15) is 0 Å². The van der Waals surface area contributed by atoms with Gasteiger partial charge in [0, 0.05) is 35.0 Å². The van der Waals surface area contributed by atoms with Crippen LogP contribution in [0.4, 0.5) is 0 Å². The summed E-state index contributed by atoms with van der Waals surface area (Å²) in [5, 5.41) is 3.76. The molecule has 0 saturated carbocycles. The van der Waals surface area contributed by atoms with E-state index in [1.54, 1.807) is 26.0 Å². The largest absolute Gasteiger partial charge is 0.361 e. The molecule has 0 radical (unpaired) electrons. The monoisotopic (exact) mass is 406 g/mol. The Morgan fingerprint density at radius 2 is 1.63 bits per heavy atom. The number of hydrazine groups is 1. The van der Waals surface area contributed by atoms with E-state index in [-0.39, 0.29) is 18.2 Å². The van der Waals surface area contributed by atoms with Crippen LogP contribution in [0, 0.1) is 12.8 Å². The molecule has 3 aromatic rings. The van der Waals surface area contributed by atoms with E-state index >= 15 is 0 Å². The van der Waals surface area contributed by atoms with Crippen LogP contribution in [0.2, 0.25) is 0 Å². The number of H-pyrrole nitrogens is 1. The van der Waals surface area contributed by atoms with E-state index in [1.165, 1.54) is 0 Å². The minimum Gasteiger partial charge on any atom is -0.361 e. The number of amides is 3. The fraction of sp³-hybridized carbons (Fsp3) is 0.261. The zero-order chi connectivity index (χ0) is 21.7. The lowest BCUT2D eigenvalue weighted by Crippen LogP contribution is -2.53. The number of carbonyl (C=O) groups excluding carboxylic acids is 3. The molecular formula is C23H26N4O3. The Labute approximate surface area is 175 Å². The number of hydrogen-bond acceptors (Lipinski definition) is 3. The molecule has 1 heterocycles. The summed E-state index contributed by atoms with van der Waals surface area (Å²) in [5.74, 6) is -1.41. The fourth-order valence-electron chi connectivity index (χ4n) is 3.17. The third-order valence-corrected chi connectivity index (χ3v) is 4.95. The van der Waals surface area contributed by atoms with E-state index < -0.39 is 17.9 Å². The van der Waals surface area contributed by atoms with Gasteiger partial charge in [-0.25, -0.2) is 0 Å². The topological polar surface area (TPSA) is 103 Å². The van der Waals surface area contributed by atoms with Gasteiger partial charge in [0.15, 0.2) is 0 Å². The van der Waals surface area contributed by atoms with Crippen molar-refractivity contribution in [3.8, 4) is 0 Å². The van der Waals surface area contributed by atoms with Crippen LogP contribution in [0.15, 0.2) is 54.7 Å². The molecule has 0 spiro atoms. The molecule has 1 unspecified atom stereocenters. The molecular weight excluding hydrogens is 380 g/mol. The predicted octanol–water partition coefficient (Wildman–Crippen LogP) is 2.62. The van der Waals surface area contributed by atoms with E-state index in [0.717, 1.165) is 22.0 Å². The van der Waals surface area contributed by atoms with Crippen molar-refractivity contribution < 1.29 is 14.4 Å². The van der Waals surface area contributed by atoms with Crippen LogP contribution in [-0.2, 0) is 16.0 Å². The first kappa shape index (κ1) is 21.1. The standard InChI is InChI=1S/C23H26N4O3/c1-14(2)21(28)25-20(12-16-13-24-19-11-7-6-10-18(16)19)23(30)27-26-22(29)17-9-5-4-8-15(17)3/h4-11,13-14,20,24H,12H2,1-3H3,(H,25,28)(H,26,29)(H,27,30). The molecule has 1 aromatic heterocycles. The lowest BCUT2D eigenvalue weighted by molar-refractivity contribution is -0.130. The Morgan fingerprint density at radius 1 is 0.933 bits per heavy atom. The smallest absolute Gasteiger partial charge is 0.269 e. The number of rotatable bonds is 6. The molecule has 7 nitrogen and oxygen atoms in total. The molecule has 156 valence electrons. The van der Waals surface area contributed by atoms with Crippen LogP contribution < -0.4 is 16.2 Å². The quantitative estimate of drug-likeness (QED) is 0.473. The molecule has 0 fully saturated rings. The Hall–Kier alpha value is -3.61. The first-order valence-electron chi connectivity index (χ1n) is 9.88. The molecule has 0 aliphatic carbocycles. The number of aromatic nitrogens is 1. The molecule has 3 amide bonds. The maximum absolute atomic E-state index is 12.8. The number of para-hydroxylation sites is 1. The lowest BCUT2D eigenvalue weighted by Gasteiger charge is -2.20. The minimum atomic E-state index is -0.837. The second-order valence-corrected chi connectivity index (χ2v) is 7.54. The molecule has 4 N–H and O–H groups in total. The number of fused-ring (bicyclic) bond motifs is 1. The van der Waals surface area contributed by atoms with Gasteiger partial charge in [-0.3, -0.25) is 25.2 Å². The number of nitrogens with one attached hydrogen (secondary N) is 4. The molecule has 3 rings (SSSR count).